The van der Waals surface area contributed by atoms with Crippen LogP contribution >= 0.6 is 0 Å². The minimum absolute atomic E-state index is 0.112. The summed E-state index contributed by atoms with van der Waals surface area (Å²) in [5.41, 5.74) is 2.90. The maximum atomic E-state index is 14.5. The highest BCUT2D eigenvalue weighted by Crippen LogP contribution is 2.41. The molecule has 0 aromatic heterocycles. The van der Waals surface area contributed by atoms with E-state index in [1.807, 2.05) is 26.2 Å². The molecule has 3 atom stereocenters. The van der Waals surface area contributed by atoms with E-state index in [0.717, 1.165) is 23.8 Å². The molecule has 3 heteroatoms. The highest BCUT2D eigenvalue weighted by atomic mass is 19.2. The Labute approximate surface area is 212 Å². The van der Waals surface area contributed by atoms with Gasteiger partial charge in [-0.25, -0.2) is 8.78 Å². The Bertz CT molecular complexity index is 907. The van der Waals surface area contributed by atoms with E-state index in [1.54, 1.807) is 12.1 Å². The molecule has 0 heterocycles. The Morgan fingerprint density at radius 1 is 0.914 bits per heavy atom. The Balaban J connectivity index is 1.57. The topological polar surface area (TPSA) is 9.23 Å². The lowest BCUT2D eigenvalue weighted by molar-refractivity contribution is -0.0312. The lowest BCUT2D eigenvalue weighted by Gasteiger charge is -2.32. The van der Waals surface area contributed by atoms with Crippen LogP contribution in [0.2, 0.25) is 0 Å². The van der Waals surface area contributed by atoms with E-state index in [-0.39, 0.29) is 5.60 Å². The van der Waals surface area contributed by atoms with Crippen LogP contribution < -0.4 is 0 Å². The molecule has 194 valence electrons. The molecule has 1 aliphatic rings. The van der Waals surface area contributed by atoms with Crippen molar-refractivity contribution in [2.24, 2.45) is 11.8 Å². The molecule has 3 rings (SSSR count). The Kier molecular flexibility index (Phi) is 10.8. The number of hydrogen-bond acceptors (Lipinski definition) is 1. The molecule has 1 fully saturated rings. The molecule has 35 heavy (non-hydrogen) atoms. The van der Waals surface area contributed by atoms with E-state index in [9.17, 15) is 8.78 Å². The maximum absolute atomic E-state index is 14.5. The Hall–Kier alpha value is -1.74. The lowest BCUT2D eigenvalue weighted by atomic mass is 9.79. The molecule has 0 spiro atoms. The molecule has 2 aromatic rings. The highest BCUT2D eigenvalue weighted by molar-refractivity contribution is 5.65. The van der Waals surface area contributed by atoms with Crippen molar-refractivity contribution in [3.8, 4) is 11.1 Å². The summed E-state index contributed by atoms with van der Waals surface area (Å²) in [6.07, 6.45) is 15.3. The van der Waals surface area contributed by atoms with Crippen LogP contribution in [0, 0.1) is 23.5 Å². The molecule has 2 aromatic carbocycles. The monoisotopic (exact) mass is 484 g/mol. The first-order valence-electron chi connectivity index (χ1n) is 14.1. The predicted molar refractivity (Wildman–Crippen MR) is 144 cm³/mol. The van der Waals surface area contributed by atoms with Gasteiger partial charge >= 0.3 is 0 Å². The molecule has 0 bridgehead atoms. The largest absolute Gasteiger partial charge is 0.378 e. The molecule has 3 unspecified atom stereocenters. The first-order chi connectivity index (χ1) is 17.0. The van der Waals surface area contributed by atoms with E-state index in [0.29, 0.717) is 17.5 Å². The zero-order chi connectivity index (χ0) is 25.3. The molecular formula is C32H46F2O. The molecule has 0 radical (unpaired) electrons. The van der Waals surface area contributed by atoms with Gasteiger partial charge in [0.05, 0.1) is 5.60 Å². The van der Waals surface area contributed by atoms with Crippen molar-refractivity contribution in [2.45, 2.75) is 110 Å². The van der Waals surface area contributed by atoms with E-state index < -0.39 is 11.6 Å². The lowest BCUT2D eigenvalue weighted by Crippen LogP contribution is -2.30. The quantitative estimate of drug-likeness (QED) is 0.272. The van der Waals surface area contributed by atoms with Crippen LogP contribution in [-0.2, 0) is 17.6 Å². The number of hydrogen-bond donors (Lipinski definition) is 0. The summed E-state index contributed by atoms with van der Waals surface area (Å²) in [6, 6.07) is 11.4. The number of halogens is 2. The number of benzene rings is 2. The minimum atomic E-state index is -0.737. The van der Waals surface area contributed by atoms with Crippen molar-refractivity contribution in [3.63, 3.8) is 0 Å². The molecule has 1 aliphatic carbocycles. The van der Waals surface area contributed by atoms with Crippen LogP contribution in [0.25, 0.3) is 11.1 Å². The second kappa shape index (κ2) is 13.5. The van der Waals surface area contributed by atoms with Crippen molar-refractivity contribution in [1.82, 2.24) is 0 Å². The van der Waals surface area contributed by atoms with Crippen molar-refractivity contribution in [1.29, 1.82) is 0 Å². The second-order valence-corrected chi connectivity index (χ2v) is 10.7. The number of rotatable bonds is 12. The highest BCUT2D eigenvalue weighted by Gasteiger charge is 2.34. The maximum Gasteiger partial charge on any atom is 0.166 e. The average Bonchev–Trinajstić information content (AvgIpc) is 3.09. The first kappa shape index (κ1) is 27.8. The van der Waals surface area contributed by atoms with Crippen LogP contribution in [0.5, 0.6) is 0 Å². The summed E-state index contributed by atoms with van der Waals surface area (Å²) in [6.45, 7) is 6.42. The van der Waals surface area contributed by atoms with Gasteiger partial charge in [0.1, 0.15) is 0 Å². The van der Waals surface area contributed by atoms with Crippen LogP contribution in [0.3, 0.4) is 0 Å². The van der Waals surface area contributed by atoms with Gasteiger partial charge in [-0.2, -0.15) is 0 Å². The third-order valence-corrected chi connectivity index (χ3v) is 8.49. The predicted octanol–water partition coefficient (Wildman–Crippen LogP) is 9.70. The fourth-order valence-corrected chi connectivity index (χ4v) is 6.38. The third kappa shape index (κ3) is 7.15. The van der Waals surface area contributed by atoms with E-state index in [1.165, 1.54) is 76.2 Å². The standard InChI is InChI=1S/C32H46F2O/c1-5-10-26(27-13-9-22-32(35-4,21-6-2)23-20-27)12-8-11-24-14-16-28(17-15-24)29-19-18-25(7-3)30(33)31(29)34/h14-19,26-27H,5-13,20-23H2,1-4H3. The number of ether oxygens (including phenoxy) is 1. The van der Waals surface area contributed by atoms with E-state index in [2.05, 4.69) is 26.0 Å². The average molecular weight is 485 g/mol. The van der Waals surface area contributed by atoms with E-state index >= 15 is 0 Å². The zero-order valence-electron chi connectivity index (χ0n) is 22.5. The molecule has 0 aliphatic heterocycles. The summed E-state index contributed by atoms with van der Waals surface area (Å²) < 4.78 is 34.8. The summed E-state index contributed by atoms with van der Waals surface area (Å²) in [5, 5.41) is 0. The van der Waals surface area contributed by atoms with Crippen molar-refractivity contribution in [2.75, 3.05) is 7.11 Å². The third-order valence-electron chi connectivity index (χ3n) is 8.49. The van der Waals surface area contributed by atoms with E-state index in [4.69, 9.17) is 4.74 Å². The fourth-order valence-electron chi connectivity index (χ4n) is 6.38. The first-order valence-corrected chi connectivity index (χ1v) is 14.1. The molecule has 0 saturated heterocycles. The molecular weight excluding hydrogens is 438 g/mol. The van der Waals surface area contributed by atoms with Gasteiger partial charge in [-0.05, 0) is 79.9 Å². The van der Waals surface area contributed by atoms with Crippen LogP contribution in [0.1, 0.15) is 103 Å². The smallest absolute Gasteiger partial charge is 0.166 e. The van der Waals surface area contributed by atoms with Crippen LogP contribution in [-0.4, -0.2) is 12.7 Å². The molecule has 0 N–H and O–H groups in total. The molecule has 0 amide bonds. The van der Waals surface area contributed by atoms with Crippen LogP contribution in [0.4, 0.5) is 8.78 Å². The van der Waals surface area contributed by atoms with Gasteiger partial charge in [0, 0.05) is 12.7 Å². The molecule has 1 nitrogen and oxygen atoms in total. The van der Waals surface area contributed by atoms with Gasteiger partial charge in [0.2, 0.25) is 0 Å². The summed E-state index contributed by atoms with van der Waals surface area (Å²) >= 11 is 0. The van der Waals surface area contributed by atoms with Crippen LogP contribution in [0.15, 0.2) is 36.4 Å². The van der Waals surface area contributed by atoms with Gasteiger partial charge < -0.3 is 4.74 Å². The Morgan fingerprint density at radius 3 is 2.34 bits per heavy atom. The van der Waals surface area contributed by atoms with Gasteiger partial charge in [-0.3, -0.25) is 0 Å². The minimum Gasteiger partial charge on any atom is -0.378 e. The van der Waals surface area contributed by atoms with Gasteiger partial charge in [-0.1, -0.05) is 89.3 Å². The summed E-state index contributed by atoms with van der Waals surface area (Å²) in [7, 11) is 1.91. The van der Waals surface area contributed by atoms with Crippen molar-refractivity contribution < 1.29 is 13.5 Å². The summed E-state index contributed by atoms with van der Waals surface area (Å²) in [4.78, 5) is 0. The normalized spacial score (nSPS) is 21.6. The number of methoxy groups -OCH3 is 1. The SMILES string of the molecule is CCCC(CCCc1ccc(-c2ccc(CC)c(F)c2F)cc1)C1CCCC(CCC)(OC)CC1. The Morgan fingerprint density at radius 2 is 1.69 bits per heavy atom. The second-order valence-electron chi connectivity index (χ2n) is 10.7. The van der Waals surface area contributed by atoms with Gasteiger partial charge in [0.25, 0.3) is 0 Å². The molecule has 1 saturated carbocycles. The van der Waals surface area contributed by atoms with Crippen molar-refractivity contribution in [3.05, 3.63) is 59.2 Å². The van der Waals surface area contributed by atoms with Gasteiger partial charge in [0.15, 0.2) is 11.6 Å². The fraction of sp³-hybridized carbons (Fsp3) is 0.625. The van der Waals surface area contributed by atoms with Gasteiger partial charge in [-0.15, -0.1) is 0 Å². The summed E-state index contributed by atoms with van der Waals surface area (Å²) in [5.74, 6) is 0.157. The zero-order valence-corrected chi connectivity index (χ0v) is 22.5. The van der Waals surface area contributed by atoms with Crippen molar-refractivity contribution >= 4 is 0 Å². The number of aryl methyl sites for hydroxylation is 2.